The van der Waals surface area contributed by atoms with E-state index in [9.17, 15) is 8.42 Å². The monoisotopic (exact) mass is 428 g/mol. The maximum Gasteiger partial charge on any atom is 0.246 e. The molecule has 19 heavy (non-hydrogen) atoms. The van der Waals surface area contributed by atoms with Gasteiger partial charge >= 0.3 is 0 Å². The zero-order valence-electron chi connectivity index (χ0n) is 10.3. The Hall–Kier alpha value is 0.240. The quantitative estimate of drug-likeness (QED) is 0.734. The minimum absolute atomic E-state index is 0.162. The summed E-state index contributed by atoms with van der Waals surface area (Å²) in [6, 6.07) is 3.31. The zero-order valence-corrected chi connectivity index (χ0v) is 15.1. The van der Waals surface area contributed by atoms with Crippen molar-refractivity contribution in [2.75, 3.05) is 24.6 Å². The first-order chi connectivity index (χ1) is 8.82. The topological polar surface area (TPSA) is 63.4 Å². The van der Waals surface area contributed by atoms with Crippen molar-refractivity contribution >= 4 is 59.3 Å². The van der Waals surface area contributed by atoms with Crippen molar-refractivity contribution in [3.63, 3.8) is 0 Å². The molecule has 1 heterocycles. The van der Waals surface area contributed by atoms with E-state index >= 15 is 0 Å². The number of hydrogen-bond donors (Lipinski definition) is 1. The molecule has 4 nitrogen and oxygen atoms in total. The van der Waals surface area contributed by atoms with E-state index in [0.29, 0.717) is 22.8 Å². The lowest BCUT2D eigenvalue weighted by Crippen LogP contribution is -2.41. The van der Waals surface area contributed by atoms with Crippen molar-refractivity contribution in [2.45, 2.75) is 17.1 Å². The van der Waals surface area contributed by atoms with Crippen LogP contribution in [0, 0.1) is 0 Å². The molecule has 0 radical (unpaired) electrons. The van der Waals surface area contributed by atoms with Crippen LogP contribution in [0.3, 0.4) is 0 Å². The van der Waals surface area contributed by atoms with Gasteiger partial charge in [-0.1, -0.05) is 22.9 Å². The molecule has 2 rings (SSSR count). The number of nitrogens with zero attached hydrogens (tertiary/aromatic N) is 1. The molecule has 1 fully saturated rings. The summed E-state index contributed by atoms with van der Waals surface area (Å²) in [6.45, 7) is 3.08. The third-order valence-electron chi connectivity index (χ3n) is 2.84. The predicted molar refractivity (Wildman–Crippen MR) is 86.9 cm³/mol. The molecule has 1 atom stereocenters. The van der Waals surface area contributed by atoms with Crippen molar-refractivity contribution < 1.29 is 8.42 Å². The molecule has 1 aliphatic heterocycles. The zero-order chi connectivity index (χ0) is 14.2. The van der Waals surface area contributed by atoms with Crippen LogP contribution in [0.5, 0.6) is 0 Å². The van der Waals surface area contributed by atoms with Gasteiger partial charge in [-0.2, -0.15) is 16.1 Å². The van der Waals surface area contributed by atoms with Gasteiger partial charge in [-0.15, -0.1) is 0 Å². The SMILES string of the molecule is CC1CN(S(=O)(=O)c2c(N)cc(Br)cc2Br)CCS1. The second-order valence-corrected chi connectivity index (χ2v) is 9.54. The molecule has 0 spiro atoms. The van der Waals surface area contributed by atoms with Gasteiger partial charge in [0.1, 0.15) is 4.90 Å². The molecule has 8 heteroatoms. The molecule has 1 unspecified atom stereocenters. The Kier molecular flexibility index (Phi) is 4.88. The first-order valence-corrected chi connectivity index (χ1v) is 9.76. The van der Waals surface area contributed by atoms with Gasteiger partial charge in [0.25, 0.3) is 0 Å². The standard InChI is InChI=1S/C11H14Br2N2O2S2/c1-7-6-15(2-3-18-7)19(16,17)11-9(13)4-8(12)5-10(11)14/h4-5,7H,2-3,6,14H2,1H3. The summed E-state index contributed by atoms with van der Waals surface area (Å²) < 4.78 is 28.1. The Morgan fingerprint density at radius 1 is 1.42 bits per heavy atom. The molecule has 1 aromatic carbocycles. The van der Waals surface area contributed by atoms with Crippen LogP contribution in [0.15, 0.2) is 26.0 Å². The molecule has 1 aromatic rings. The highest BCUT2D eigenvalue weighted by Gasteiger charge is 2.32. The smallest absolute Gasteiger partial charge is 0.246 e. The fraction of sp³-hybridized carbons (Fsp3) is 0.455. The summed E-state index contributed by atoms with van der Waals surface area (Å²) in [6.07, 6.45) is 0. The van der Waals surface area contributed by atoms with Crippen molar-refractivity contribution in [3.05, 3.63) is 21.1 Å². The van der Waals surface area contributed by atoms with Crippen molar-refractivity contribution in [2.24, 2.45) is 0 Å². The number of rotatable bonds is 2. The van der Waals surface area contributed by atoms with Gasteiger partial charge < -0.3 is 5.73 Å². The van der Waals surface area contributed by atoms with Gasteiger partial charge in [0.05, 0.1) is 5.69 Å². The van der Waals surface area contributed by atoms with Gasteiger partial charge in [0.15, 0.2) is 0 Å². The van der Waals surface area contributed by atoms with Gasteiger partial charge in [-0.05, 0) is 28.1 Å². The molecule has 0 amide bonds. The molecule has 0 aromatic heterocycles. The summed E-state index contributed by atoms with van der Waals surface area (Å²) in [5.41, 5.74) is 6.14. The molecule has 0 aliphatic carbocycles. The highest BCUT2D eigenvalue weighted by atomic mass is 79.9. The second kappa shape index (κ2) is 5.93. The lowest BCUT2D eigenvalue weighted by atomic mass is 10.3. The molecule has 2 N–H and O–H groups in total. The second-order valence-electron chi connectivity index (χ2n) is 4.35. The molecule has 0 saturated carbocycles. The largest absolute Gasteiger partial charge is 0.398 e. The number of anilines is 1. The minimum Gasteiger partial charge on any atom is -0.398 e. The third kappa shape index (κ3) is 3.29. The van der Waals surface area contributed by atoms with E-state index < -0.39 is 10.0 Å². The van der Waals surface area contributed by atoms with E-state index in [0.717, 1.165) is 10.2 Å². The van der Waals surface area contributed by atoms with E-state index in [1.165, 1.54) is 4.31 Å². The predicted octanol–water partition coefficient (Wildman–Crippen LogP) is 2.92. The van der Waals surface area contributed by atoms with Gasteiger partial charge in [-0.3, -0.25) is 0 Å². The van der Waals surface area contributed by atoms with Crippen molar-refractivity contribution in [1.82, 2.24) is 4.31 Å². The summed E-state index contributed by atoms with van der Waals surface area (Å²) >= 11 is 8.38. The Bertz CT molecular complexity index is 569. The van der Waals surface area contributed by atoms with Gasteiger partial charge in [-0.25, -0.2) is 8.42 Å². The van der Waals surface area contributed by atoms with Gasteiger partial charge in [0.2, 0.25) is 10.0 Å². The van der Waals surface area contributed by atoms with Crippen LogP contribution >= 0.6 is 43.6 Å². The van der Waals surface area contributed by atoms with Crippen LogP contribution in [0.2, 0.25) is 0 Å². The van der Waals surface area contributed by atoms with Crippen LogP contribution in [0.1, 0.15) is 6.92 Å². The minimum atomic E-state index is -3.55. The Balaban J connectivity index is 2.45. The van der Waals surface area contributed by atoms with E-state index in [-0.39, 0.29) is 10.6 Å². The van der Waals surface area contributed by atoms with Crippen LogP contribution in [-0.4, -0.2) is 36.8 Å². The van der Waals surface area contributed by atoms with Crippen molar-refractivity contribution in [1.29, 1.82) is 0 Å². The molecule has 1 saturated heterocycles. The summed E-state index contributed by atoms with van der Waals surface area (Å²) in [4.78, 5) is 0.162. The molecular weight excluding hydrogens is 416 g/mol. The van der Waals surface area contributed by atoms with Crippen LogP contribution in [0.25, 0.3) is 0 Å². The number of hydrogen-bond acceptors (Lipinski definition) is 4. The van der Waals surface area contributed by atoms with Crippen LogP contribution in [-0.2, 0) is 10.0 Å². The van der Waals surface area contributed by atoms with E-state index in [2.05, 4.69) is 31.9 Å². The third-order valence-corrected chi connectivity index (χ3v) is 7.30. The van der Waals surface area contributed by atoms with Gasteiger partial charge in [0, 0.05) is 33.0 Å². The van der Waals surface area contributed by atoms with Crippen LogP contribution in [0.4, 0.5) is 5.69 Å². The van der Waals surface area contributed by atoms with E-state index in [4.69, 9.17) is 5.73 Å². The number of nitrogen functional groups attached to an aromatic ring is 1. The fourth-order valence-electron chi connectivity index (χ4n) is 1.99. The lowest BCUT2D eigenvalue weighted by molar-refractivity contribution is 0.424. The summed E-state index contributed by atoms with van der Waals surface area (Å²) in [5, 5.41) is 0.305. The first-order valence-electron chi connectivity index (χ1n) is 5.68. The molecule has 1 aliphatic rings. The molecule has 106 valence electrons. The molecule has 0 bridgehead atoms. The number of nitrogens with two attached hydrogens (primary N) is 1. The maximum absolute atomic E-state index is 12.7. The Morgan fingerprint density at radius 2 is 2.11 bits per heavy atom. The lowest BCUT2D eigenvalue weighted by Gasteiger charge is -2.30. The highest BCUT2D eigenvalue weighted by Crippen LogP contribution is 2.35. The highest BCUT2D eigenvalue weighted by molar-refractivity contribution is 9.11. The number of benzene rings is 1. The first kappa shape index (κ1) is 15.6. The number of thioether (sulfide) groups is 1. The summed E-state index contributed by atoms with van der Waals surface area (Å²) in [7, 11) is -3.55. The fourth-order valence-corrected chi connectivity index (χ4v) is 6.75. The average molecular weight is 430 g/mol. The van der Waals surface area contributed by atoms with Crippen molar-refractivity contribution in [3.8, 4) is 0 Å². The Labute approximate surface area is 134 Å². The Morgan fingerprint density at radius 3 is 2.68 bits per heavy atom. The van der Waals surface area contributed by atoms with Crippen LogP contribution < -0.4 is 5.73 Å². The molecular formula is C11H14Br2N2O2S2. The summed E-state index contributed by atoms with van der Waals surface area (Å²) in [5.74, 6) is 0.814. The number of sulfonamides is 1. The number of halogens is 2. The maximum atomic E-state index is 12.7. The van der Waals surface area contributed by atoms with E-state index in [1.54, 1.807) is 23.9 Å². The average Bonchev–Trinajstić information content (AvgIpc) is 2.26. The van der Waals surface area contributed by atoms with E-state index in [1.807, 2.05) is 6.92 Å². The normalized spacial score (nSPS) is 21.5.